The second-order valence-corrected chi connectivity index (χ2v) is 5.68. The standard InChI is InChI=1S/C17H28N4O/c1-15-5-2-3-6-16(15)7-9-20-17(18)19-8-4-10-21-11-13-22-14-12-21/h2-3,5-6H,4,7-14H2,1H3,(H3,18,19,20). The van der Waals surface area contributed by atoms with Crippen molar-refractivity contribution in [1.82, 2.24) is 10.2 Å². The van der Waals surface area contributed by atoms with Gasteiger partial charge in [0, 0.05) is 32.7 Å². The third-order valence-electron chi connectivity index (χ3n) is 3.98. The largest absolute Gasteiger partial charge is 0.379 e. The van der Waals surface area contributed by atoms with Crippen LogP contribution >= 0.6 is 0 Å². The Morgan fingerprint density at radius 2 is 2.09 bits per heavy atom. The number of morpholine rings is 1. The first-order valence-corrected chi connectivity index (χ1v) is 8.14. The molecule has 22 heavy (non-hydrogen) atoms. The van der Waals surface area contributed by atoms with Gasteiger partial charge < -0.3 is 15.8 Å². The number of nitrogens with two attached hydrogens (primary N) is 1. The number of hydrogen-bond donors (Lipinski definition) is 2. The van der Waals surface area contributed by atoms with Crippen molar-refractivity contribution < 1.29 is 4.74 Å². The molecule has 122 valence electrons. The summed E-state index contributed by atoms with van der Waals surface area (Å²) in [6.45, 7) is 8.59. The molecule has 0 radical (unpaired) electrons. The molecule has 2 rings (SSSR count). The smallest absolute Gasteiger partial charge is 0.188 e. The van der Waals surface area contributed by atoms with Crippen molar-refractivity contribution in [1.29, 1.82) is 0 Å². The fraction of sp³-hybridized carbons (Fsp3) is 0.588. The van der Waals surface area contributed by atoms with Crippen LogP contribution in [0.2, 0.25) is 0 Å². The van der Waals surface area contributed by atoms with E-state index in [9.17, 15) is 0 Å². The first-order chi connectivity index (χ1) is 10.8. The summed E-state index contributed by atoms with van der Waals surface area (Å²) < 4.78 is 5.33. The number of aryl methyl sites for hydroxylation is 1. The Bertz CT molecular complexity index is 469. The van der Waals surface area contributed by atoms with E-state index in [1.165, 1.54) is 11.1 Å². The van der Waals surface area contributed by atoms with Gasteiger partial charge in [-0.05, 0) is 30.9 Å². The zero-order valence-corrected chi connectivity index (χ0v) is 13.6. The van der Waals surface area contributed by atoms with Gasteiger partial charge in [-0.2, -0.15) is 0 Å². The van der Waals surface area contributed by atoms with Crippen LogP contribution in [0.25, 0.3) is 0 Å². The summed E-state index contributed by atoms with van der Waals surface area (Å²) in [5, 5.41) is 3.19. The van der Waals surface area contributed by atoms with Gasteiger partial charge in [0.1, 0.15) is 0 Å². The lowest BCUT2D eigenvalue weighted by molar-refractivity contribution is 0.0377. The fourth-order valence-corrected chi connectivity index (χ4v) is 2.59. The summed E-state index contributed by atoms with van der Waals surface area (Å²) in [4.78, 5) is 6.81. The van der Waals surface area contributed by atoms with E-state index in [1.807, 2.05) is 0 Å². The fourth-order valence-electron chi connectivity index (χ4n) is 2.59. The molecule has 0 amide bonds. The van der Waals surface area contributed by atoms with Gasteiger partial charge in [0.05, 0.1) is 13.2 Å². The van der Waals surface area contributed by atoms with Crippen molar-refractivity contribution in [3.63, 3.8) is 0 Å². The molecule has 1 aliphatic rings. The zero-order valence-electron chi connectivity index (χ0n) is 13.6. The second kappa shape index (κ2) is 9.43. The Kier molecular flexibility index (Phi) is 7.19. The molecule has 1 fully saturated rings. The molecule has 0 aliphatic carbocycles. The van der Waals surface area contributed by atoms with E-state index in [1.54, 1.807) is 0 Å². The molecule has 0 unspecified atom stereocenters. The van der Waals surface area contributed by atoms with Crippen molar-refractivity contribution >= 4 is 5.96 Å². The summed E-state index contributed by atoms with van der Waals surface area (Å²) in [6.07, 6.45) is 2.01. The van der Waals surface area contributed by atoms with E-state index in [2.05, 4.69) is 46.4 Å². The van der Waals surface area contributed by atoms with Crippen LogP contribution < -0.4 is 11.1 Å². The number of nitrogens with one attached hydrogen (secondary N) is 1. The van der Waals surface area contributed by atoms with Crippen molar-refractivity contribution in [2.45, 2.75) is 19.8 Å². The highest BCUT2D eigenvalue weighted by atomic mass is 16.5. The minimum atomic E-state index is 0.551. The number of ether oxygens (including phenoxy) is 1. The van der Waals surface area contributed by atoms with Crippen molar-refractivity contribution in [3.8, 4) is 0 Å². The van der Waals surface area contributed by atoms with Crippen LogP contribution in [0.3, 0.4) is 0 Å². The monoisotopic (exact) mass is 304 g/mol. The van der Waals surface area contributed by atoms with E-state index in [-0.39, 0.29) is 0 Å². The third kappa shape index (κ3) is 6.03. The summed E-state index contributed by atoms with van der Waals surface area (Å²) in [6, 6.07) is 8.44. The number of nitrogens with zero attached hydrogens (tertiary/aromatic N) is 2. The van der Waals surface area contributed by atoms with Crippen LogP contribution in [0.15, 0.2) is 29.3 Å². The summed E-state index contributed by atoms with van der Waals surface area (Å²) in [7, 11) is 0. The van der Waals surface area contributed by atoms with E-state index in [4.69, 9.17) is 10.5 Å². The molecule has 0 spiro atoms. The van der Waals surface area contributed by atoms with Crippen LogP contribution in [0.5, 0.6) is 0 Å². The van der Waals surface area contributed by atoms with Crippen LogP contribution in [0.4, 0.5) is 0 Å². The number of hydrogen-bond acceptors (Lipinski definition) is 3. The molecule has 1 saturated heterocycles. The Balaban J connectivity index is 1.58. The van der Waals surface area contributed by atoms with E-state index in [0.29, 0.717) is 5.96 Å². The van der Waals surface area contributed by atoms with Gasteiger partial charge in [-0.15, -0.1) is 0 Å². The highest BCUT2D eigenvalue weighted by molar-refractivity contribution is 5.77. The van der Waals surface area contributed by atoms with Gasteiger partial charge in [-0.25, -0.2) is 0 Å². The highest BCUT2D eigenvalue weighted by Crippen LogP contribution is 2.06. The minimum absolute atomic E-state index is 0.551. The Morgan fingerprint density at radius 1 is 1.32 bits per heavy atom. The third-order valence-corrected chi connectivity index (χ3v) is 3.98. The predicted molar refractivity (Wildman–Crippen MR) is 91.3 cm³/mol. The van der Waals surface area contributed by atoms with E-state index < -0.39 is 0 Å². The van der Waals surface area contributed by atoms with Crippen molar-refractivity contribution in [2.24, 2.45) is 10.7 Å². The molecule has 0 saturated carbocycles. The molecule has 0 atom stereocenters. The molecule has 1 aromatic rings. The number of guanidine groups is 1. The van der Waals surface area contributed by atoms with E-state index >= 15 is 0 Å². The molecule has 1 aromatic carbocycles. The first-order valence-electron chi connectivity index (χ1n) is 8.14. The molecule has 1 heterocycles. The zero-order chi connectivity index (χ0) is 15.6. The maximum Gasteiger partial charge on any atom is 0.188 e. The number of rotatable bonds is 7. The Hall–Kier alpha value is -1.59. The van der Waals surface area contributed by atoms with Gasteiger partial charge in [0.2, 0.25) is 0 Å². The topological polar surface area (TPSA) is 62.9 Å². The molecule has 0 aromatic heterocycles. The average Bonchev–Trinajstić information content (AvgIpc) is 2.54. The van der Waals surface area contributed by atoms with Gasteiger partial charge in [-0.3, -0.25) is 9.89 Å². The van der Waals surface area contributed by atoms with Crippen LogP contribution in [0.1, 0.15) is 17.5 Å². The number of aliphatic imine (C=N–C) groups is 1. The lowest BCUT2D eigenvalue weighted by Gasteiger charge is -2.26. The van der Waals surface area contributed by atoms with Gasteiger partial charge in [0.15, 0.2) is 5.96 Å². The molecule has 5 heteroatoms. The highest BCUT2D eigenvalue weighted by Gasteiger charge is 2.08. The first kappa shape index (κ1) is 16.8. The van der Waals surface area contributed by atoms with Gasteiger partial charge in [0.25, 0.3) is 0 Å². The SMILES string of the molecule is Cc1ccccc1CCNC(N)=NCCCN1CCOCC1. The maximum absolute atomic E-state index is 5.90. The molecule has 3 N–H and O–H groups in total. The molecule has 0 bridgehead atoms. The predicted octanol–water partition coefficient (Wildman–Crippen LogP) is 1.16. The second-order valence-electron chi connectivity index (χ2n) is 5.68. The van der Waals surface area contributed by atoms with Crippen molar-refractivity contribution in [2.75, 3.05) is 45.9 Å². The van der Waals surface area contributed by atoms with Gasteiger partial charge in [-0.1, -0.05) is 24.3 Å². The van der Waals surface area contributed by atoms with Crippen LogP contribution in [-0.2, 0) is 11.2 Å². The average molecular weight is 304 g/mol. The van der Waals surface area contributed by atoms with Crippen molar-refractivity contribution in [3.05, 3.63) is 35.4 Å². The molecular formula is C17H28N4O. The van der Waals surface area contributed by atoms with E-state index in [0.717, 1.165) is 58.8 Å². The molecular weight excluding hydrogens is 276 g/mol. The van der Waals surface area contributed by atoms with Gasteiger partial charge >= 0.3 is 0 Å². The summed E-state index contributed by atoms with van der Waals surface area (Å²) in [5.74, 6) is 0.551. The summed E-state index contributed by atoms with van der Waals surface area (Å²) >= 11 is 0. The Morgan fingerprint density at radius 3 is 2.86 bits per heavy atom. The van der Waals surface area contributed by atoms with Crippen LogP contribution in [0, 0.1) is 6.92 Å². The maximum atomic E-state index is 5.90. The van der Waals surface area contributed by atoms with Crippen LogP contribution in [-0.4, -0.2) is 56.8 Å². The molecule has 1 aliphatic heterocycles. The lowest BCUT2D eigenvalue weighted by atomic mass is 10.1. The normalized spacial score (nSPS) is 16.7. The summed E-state index contributed by atoms with van der Waals surface area (Å²) in [5.41, 5.74) is 8.58. The quantitative estimate of drug-likeness (QED) is 0.451. The number of benzene rings is 1. The molecule has 5 nitrogen and oxygen atoms in total. The Labute approximate surface area is 133 Å². The minimum Gasteiger partial charge on any atom is -0.379 e. The lowest BCUT2D eigenvalue weighted by Crippen LogP contribution is -2.37.